The van der Waals surface area contributed by atoms with Gasteiger partial charge >= 0.3 is 5.97 Å². The predicted molar refractivity (Wildman–Crippen MR) is 121 cm³/mol. The molecule has 1 aromatic carbocycles. The molecule has 0 fully saturated rings. The molecule has 1 aliphatic carbocycles. The number of aromatic amines is 1. The molecule has 0 saturated heterocycles. The maximum atomic E-state index is 13.0. The van der Waals surface area contributed by atoms with Gasteiger partial charge in [-0.1, -0.05) is 43.7 Å². The highest BCUT2D eigenvalue weighted by atomic mass is 16.5. The van der Waals surface area contributed by atoms with Crippen LogP contribution in [-0.4, -0.2) is 28.7 Å². The molecule has 1 unspecified atom stereocenters. The molecular formula is C25H30N2O5. The number of rotatable bonds is 6. The number of carbonyl (C=O) groups is 3. The molecule has 2 aromatic rings. The van der Waals surface area contributed by atoms with Gasteiger partial charge in [0.1, 0.15) is 5.56 Å². The van der Waals surface area contributed by atoms with Crippen LogP contribution in [0.25, 0.3) is 0 Å². The van der Waals surface area contributed by atoms with Crippen LogP contribution in [0, 0.1) is 12.3 Å². The number of amides is 1. The van der Waals surface area contributed by atoms with Gasteiger partial charge in [0, 0.05) is 17.7 Å². The highest BCUT2D eigenvalue weighted by molar-refractivity contribution is 6.02. The summed E-state index contributed by atoms with van der Waals surface area (Å²) in [7, 11) is 0. The number of aromatic nitrogens is 1. The molecule has 1 heterocycles. The molecule has 0 radical (unpaired) electrons. The van der Waals surface area contributed by atoms with Gasteiger partial charge in [0.2, 0.25) is 0 Å². The van der Waals surface area contributed by atoms with Crippen molar-refractivity contribution in [3.8, 4) is 0 Å². The van der Waals surface area contributed by atoms with E-state index in [1.807, 2.05) is 45.0 Å². The first-order valence-corrected chi connectivity index (χ1v) is 10.8. The molecule has 0 spiro atoms. The molecule has 0 saturated carbocycles. The van der Waals surface area contributed by atoms with E-state index in [-0.39, 0.29) is 29.3 Å². The Labute approximate surface area is 187 Å². The topological polar surface area (TPSA) is 105 Å². The number of aryl methyl sites for hydroxylation is 1. The highest BCUT2D eigenvalue weighted by Crippen LogP contribution is 2.33. The van der Waals surface area contributed by atoms with Crippen LogP contribution >= 0.6 is 0 Å². The SMILES string of the molecule is Cc1ccc(C(CC(=O)OC(C)C)NC(=O)c2cc3c([nH]c2=O)CC(C)(C)CC3=O)cc1. The van der Waals surface area contributed by atoms with Crippen LogP contribution in [0.4, 0.5) is 0 Å². The second-order valence-corrected chi connectivity index (χ2v) is 9.52. The van der Waals surface area contributed by atoms with E-state index >= 15 is 0 Å². The monoisotopic (exact) mass is 438 g/mol. The van der Waals surface area contributed by atoms with Crippen LogP contribution in [-0.2, 0) is 16.0 Å². The molecule has 1 atom stereocenters. The van der Waals surface area contributed by atoms with E-state index in [4.69, 9.17) is 4.74 Å². The number of benzene rings is 1. The fourth-order valence-electron chi connectivity index (χ4n) is 3.96. The summed E-state index contributed by atoms with van der Waals surface area (Å²) in [5, 5.41) is 2.78. The molecule has 0 aliphatic heterocycles. The maximum Gasteiger partial charge on any atom is 0.308 e. The number of hydrogen-bond acceptors (Lipinski definition) is 5. The maximum absolute atomic E-state index is 13.0. The predicted octanol–water partition coefficient (Wildman–Crippen LogP) is 3.65. The zero-order chi connectivity index (χ0) is 23.6. The van der Waals surface area contributed by atoms with E-state index in [2.05, 4.69) is 10.3 Å². The number of H-pyrrole nitrogens is 1. The molecule has 2 N–H and O–H groups in total. The van der Waals surface area contributed by atoms with E-state index in [1.165, 1.54) is 6.07 Å². The number of Topliss-reactive ketones (excluding diaryl/α,β-unsaturated/α-hetero) is 1. The van der Waals surface area contributed by atoms with Crippen molar-refractivity contribution in [2.24, 2.45) is 5.41 Å². The molecule has 1 aliphatic rings. The summed E-state index contributed by atoms with van der Waals surface area (Å²) in [5.74, 6) is -1.20. The summed E-state index contributed by atoms with van der Waals surface area (Å²) in [6.45, 7) is 9.38. The molecule has 3 rings (SSSR count). The summed E-state index contributed by atoms with van der Waals surface area (Å²) >= 11 is 0. The third kappa shape index (κ3) is 5.52. The minimum absolute atomic E-state index is 0.0804. The Morgan fingerprint density at radius 3 is 2.41 bits per heavy atom. The van der Waals surface area contributed by atoms with Gasteiger partial charge in [0.05, 0.1) is 18.6 Å². The second kappa shape index (κ2) is 9.10. The Morgan fingerprint density at radius 1 is 1.12 bits per heavy atom. The summed E-state index contributed by atoms with van der Waals surface area (Å²) in [6.07, 6.45) is 0.539. The summed E-state index contributed by atoms with van der Waals surface area (Å²) < 4.78 is 5.24. The Bertz CT molecular complexity index is 1100. The Balaban J connectivity index is 1.90. The van der Waals surface area contributed by atoms with Gasteiger partial charge < -0.3 is 15.0 Å². The fourth-order valence-corrected chi connectivity index (χ4v) is 3.96. The van der Waals surface area contributed by atoms with Crippen molar-refractivity contribution in [2.75, 3.05) is 0 Å². The number of pyridine rings is 1. The number of hydrogen-bond donors (Lipinski definition) is 2. The number of esters is 1. The standard InChI is InChI=1S/C25H30N2O5/c1-14(2)32-22(29)11-19(16-8-6-15(3)7-9-16)26-23(30)18-10-17-20(27-24(18)31)12-25(4,5)13-21(17)28/h6-10,14,19H,11-13H2,1-5H3,(H,26,30)(H,27,31). The van der Waals surface area contributed by atoms with Crippen LogP contribution in [0.1, 0.15) is 84.1 Å². The number of ether oxygens (including phenoxy) is 1. The molecule has 32 heavy (non-hydrogen) atoms. The van der Waals surface area contributed by atoms with Gasteiger partial charge in [0.15, 0.2) is 5.78 Å². The minimum Gasteiger partial charge on any atom is -0.463 e. The smallest absolute Gasteiger partial charge is 0.308 e. The van der Waals surface area contributed by atoms with Gasteiger partial charge in [-0.05, 0) is 44.2 Å². The quantitative estimate of drug-likeness (QED) is 0.670. The largest absolute Gasteiger partial charge is 0.463 e. The molecule has 7 heteroatoms. The van der Waals surface area contributed by atoms with E-state index in [0.29, 0.717) is 24.1 Å². The summed E-state index contributed by atoms with van der Waals surface area (Å²) in [6, 6.07) is 8.11. The van der Waals surface area contributed by atoms with Gasteiger partial charge in [-0.25, -0.2) is 0 Å². The lowest BCUT2D eigenvalue weighted by molar-refractivity contribution is -0.147. The average Bonchev–Trinajstić information content (AvgIpc) is 2.65. The van der Waals surface area contributed by atoms with Crippen molar-refractivity contribution in [3.63, 3.8) is 0 Å². The van der Waals surface area contributed by atoms with Crippen molar-refractivity contribution in [1.82, 2.24) is 10.3 Å². The van der Waals surface area contributed by atoms with Gasteiger partial charge in [0.25, 0.3) is 11.5 Å². The number of nitrogens with one attached hydrogen (secondary N) is 2. The van der Waals surface area contributed by atoms with E-state index < -0.39 is 23.5 Å². The minimum atomic E-state index is -0.681. The van der Waals surface area contributed by atoms with Crippen molar-refractivity contribution in [2.45, 2.75) is 66.0 Å². The van der Waals surface area contributed by atoms with Crippen molar-refractivity contribution in [1.29, 1.82) is 0 Å². The lowest BCUT2D eigenvalue weighted by Crippen LogP contribution is -2.36. The fraction of sp³-hybridized carbons (Fsp3) is 0.440. The second-order valence-electron chi connectivity index (χ2n) is 9.52. The molecule has 1 amide bonds. The molecule has 1 aromatic heterocycles. The van der Waals surface area contributed by atoms with Crippen LogP contribution in [0.2, 0.25) is 0 Å². The normalized spacial score (nSPS) is 15.8. The Morgan fingerprint density at radius 2 is 1.78 bits per heavy atom. The summed E-state index contributed by atoms with van der Waals surface area (Å²) in [4.78, 5) is 53.3. The molecule has 7 nitrogen and oxygen atoms in total. The van der Waals surface area contributed by atoms with E-state index in [9.17, 15) is 19.2 Å². The first kappa shape index (κ1) is 23.4. The third-order valence-corrected chi connectivity index (χ3v) is 5.49. The van der Waals surface area contributed by atoms with Crippen molar-refractivity contribution >= 4 is 17.7 Å². The van der Waals surface area contributed by atoms with Crippen molar-refractivity contribution in [3.05, 3.63) is 68.6 Å². The van der Waals surface area contributed by atoms with E-state index in [0.717, 1.165) is 11.1 Å². The summed E-state index contributed by atoms with van der Waals surface area (Å²) in [5.41, 5.74) is 1.74. The highest BCUT2D eigenvalue weighted by Gasteiger charge is 2.33. The van der Waals surface area contributed by atoms with Gasteiger partial charge in [-0.15, -0.1) is 0 Å². The number of fused-ring (bicyclic) bond motifs is 1. The average molecular weight is 439 g/mol. The van der Waals surface area contributed by atoms with Crippen LogP contribution in [0.3, 0.4) is 0 Å². The molecule has 0 bridgehead atoms. The first-order chi connectivity index (χ1) is 14.9. The Hall–Kier alpha value is -3.22. The first-order valence-electron chi connectivity index (χ1n) is 10.8. The zero-order valence-corrected chi connectivity index (χ0v) is 19.2. The zero-order valence-electron chi connectivity index (χ0n) is 19.2. The van der Waals surface area contributed by atoms with Gasteiger partial charge in [-0.3, -0.25) is 19.2 Å². The third-order valence-electron chi connectivity index (χ3n) is 5.49. The van der Waals surface area contributed by atoms with Gasteiger partial charge in [-0.2, -0.15) is 0 Å². The lowest BCUT2D eigenvalue weighted by atomic mass is 9.75. The molecular weight excluding hydrogens is 408 g/mol. The van der Waals surface area contributed by atoms with Crippen LogP contribution in [0.15, 0.2) is 35.1 Å². The van der Waals surface area contributed by atoms with Crippen molar-refractivity contribution < 1.29 is 19.1 Å². The molecule has 170 valence electrons. The Kier molecular flexibility index (Phi) is 6.67. The number of carbonyl (C=O) groups excluding carboxylic acids is 3. The lowest BCUT2D eigenvalue weighted by Gasteiger charge is -2.29. The number of ketones is 1. The van der Waals surface area contributed by atoms with Crippen LogP contribution < -0.4 is 10.9 Å². The van der Waals surface area contributed by atoms with Crippen LogP contribution in [0.5, 0.6) is 0 Å². The van der Waals surface area contributed by atoms with E-state index in [1.54, 1.807) is 13.8 Å².